The lowest BCUT2D eigenvalue weighted by atomic mass is 9.82. The molecule has 2 aromatic heterocycles. The molecule has 0 saturated heterocycles. The molecule has 3 heterocycles. The average molecular weight is 514 g/mol. The minimum absolute atomic E-state index is 0.0205. The smallest absolute Gasteiger partial charge is 0.345 e. The monoisotopic (exact) mass is 513 g/mol. The molecule has 2 aromatic carbocycles. The maximum atomic E-state index is 13.5. The number of hydrogen-bond acceptors (Lipinski definition) is 7. The van der Waals surface area contributed by atoms with Gasteiger partial charge in [-0.1, -0.05) is 36.4 Å². The van der Waals surface area contributed by atoms with Crippen molar-refractivity contribution in [2.45, 2.75) is 31.6 Å². The third kappa shape index (κ3) is 4.72. The van der Waals surface area contributed by atoms with Gasteiger partial charge in [0.2, 0.25) is 6.04 Å². The number of ether oxygens (including phenoxy) is 4. The lowest BCUT2D eigenvalue weighted by molar-refractivity contribution is -0.716. The van der Waals surface area contributed by atoms with Crippen LogP contribution in [0.5, 0.6) is 11.5 Å². The number of aliphatic hydroxyl groups excluding tert-OH is 1. The van der Waals surface area contributed by atoms with E-state index in [2.05, 4.69) is 0 Å². The number of benzene rings is 2. The van der Waals surface area contributed by atoms with Crippen LogP contribution in [0, 0.1) is 0 Å². The Kier molecular flexibility index (Phi) is 6.63. The van der Waals surface area contributed by atoms with Crippen molar-refractivity contribution in [3.8, 4) is 11.5 Å². The molecule has 2 atom stereocenters. The van der Waals surface area contributed by atoms with Gasteiger partial charge in [0.1, 0.15) is 11.3 Å². The lowest BCUT2D eigenvalue weighted by Crippen LogP contribution is -2.46. The Morgan fingerprint density at radius 3 is 2.34 bits per heavy atom. The molecule has 0 amide bonds. The van der Waals surface area contributed by atoms with E-state index in [-0.39, 0.29) is 5.57 Å². The zero-order valence-electron chi connectivity index (χ0n) is 21.6. The van der Waals surface area contributed by atoms with E-state index in [0.29, 0.717) is 22.8 Å². The summed E-state index contributed by atoms with van der Waals surface area (Å²) in [6.07, 6.45) is 3.79. The Bertz CT molecular complexity index is 1520. The third-order valence-electron chi connectivity index (χ3n) is 6.51. The van der Waals surface area contributed by atoms with Gasteiger partial charge in [-0.15, -0.1) is 0 Å². The van der Waals surface area contributed by atoms with Crippen LogP contribution in [0.15, 0.2) is 96.7 Å². The van der Waals surface area contributed by atoms with E-state index in [1.807, 2.05) is 77.6 Å². The van der Waals surface area contributed by atoms with Crippen LogP contribution in [0.1, 0.15) is 37.1 Å². The Hall–Kier alpha value is -4.59. The van der Waals surface area contributed by atoms with E-state index in [9.17, 15) is 9.90 Å². The van der Waals surface area contributed by atoms with Crippen LogP contribution < -0.4 is 14.0 Å². The van der Waals surface area contributed by atoms with Gasteiger partial charge < -0.3 is 24.1 Å². The van der Waals surface area contributed by atoms with Gasteiger partial charge in [-0.25, -0.2) is 9.78 Å². The number of esters is 1. The summed E-state index contributed by atoms with van der Waals surface area (Å²) in [7, 11) is 3.10. The molecule has 0 aliphatic carbocycles. The molecule has 0 spiro atoms. The van der Waals surface area contributed by atoms with E-state index >= 15 is 0 Å². The summed E-state index contributed by atoms with van der Waals surface area (Å²) in [5, 5.41) is 12.1. The van der Waals surface area contributed by atoms with Crippen molar-refractivity contribution in [1.29, 1.82) is 0 Å². The lowest BCUT2D eigenvalue weighted by Gasteiger charge is -2.34. The molecule has 4 aromatic rings. The maximum Gasteiger partial charge on any atom is 0.345 e. The minimum Gasteiger partial charge on any atom is -0.493 e. The fraction of sp³-hybridized carbons (Fsp3) is 0.233. The van der Waals surface area contributed by atoms with Crippen LogP contribution >= 0.6 is 0 Å². The number of hydrogen-bond donors (Lipinski definition) is 1. The summed E-state index contributed by atoms with van der Waals surface area (Å²) in [4.78, 5) is 18.5. The quantitative estimate of drug-likeness (QED) is 0.275. The number of carbonyl (C=O) groups excluding carboxylic acids is 1. The predicted molar refractivity (Wildman–Crippen MR) is 140 cm³/mol. The Labute approximate surface area is 220 Å². The fourth-order valence-electron chi connectivity index (χ4n) is 4.83. The van der Waals surface area contributed by atoms with Crippen molar-refractivity contribution < 1.29 is 33.4 Å². The Balaban J connectivity index is 1.80. The molecule has 1 aliphatic heterocycles. The number of fused-ring (bicyclic) bond motifs is 1. The molecule has 8 nitrogen and oxygen atoms in total. The second-order valence-electron chi connectivity index (χ2n) is 9.40. The predicted octanol–water partition coefficient (Wildman–Crippen LogP) is 4.99. The van der Waals surface area contributed by atoms with Crippen LogP contribution in [-0.4, -0.2) is 36.1 Å². The van der Waals surface area contributed by atoms with E-state index in [1.54, 1.807) is 40.2 Å². The number of aromatic nitrogens is 2. The molecular weight excluding hydrogens is 484 g/mol. The standard InChI is InChI=1S/C30H28N2O6/c1-30(2)37-28(33)26(29(34)38-30)25(20-13-15-23(35-3)24(18-20)36-4)27(32-16-8-5-9-17-32)22-14-12-19-10-6-7-11-21(19)31-22/h5-18,25,27H,1-4H3/p+1. The SMILES string of the molecule is COc1ccc(C(C2=C(O)OC(C)(C)OC2=O)C(c2ccc3ccccc3n2)[n+]2ccccc2)cc1OC. The molecule has 38 heavy (non-hydrogen) atoms. The molecular formula is C30H29N2O6+. The van der Waals surface area contributed by atoms with Gasteiger partial charge in [0.15, 0.2) is 23.9 Å². The van der Waals surface area contributed by atoms with E-state index in [1.165, 1.54) is 0 Å². The fourth-order valence-corrected chi connectivity index (χ4v) is 4.83. The van der Waals surface area contributed by atoms with Crippen molar-refractivity contribution in [3.63, 3.8) is 0 Å². The highest BCUT2D eigenvalue weighted by Crippen LogP contribution is 2.43. The van der Waals surface area contributed by atoms with Crippen molar-refractivity contribution in [3.05, 3.63) is 108 Å². The third-order valence-corrected chi connectivity index (χ3v) is 6.51. The van der Waals surface area contributed by atoms with Crippen molar-refractivity contribution in [1.82, 2.24) is 4.98 Å². The molecule has 8 heteroatoms. The van der Waals surface area contributed by atoms with E-state index in [4.69, 9.17) is 23.9 Å². The van der Waals surface area contributed by atoms with Crippen molar-refractivity contribution >= 4 is 16.9 Å². The summed E-state index contributed by atoms with van der Waals surface area (Å²) in [5.74, 6) is -2.26. The van der Waals surface area contributed by atoms with Gasteiger partial charge >= 0.3 is 5.97 Å². The average Bonchev–Trinajstić information content (AvgIpc) is 2.91. The Morgan fingerprint density at radius 1 is 0.895 bits per heavy atom. The summed E-state index contributed by atoms with van der Waals surface area (Å²) >= 11 is 0. The zero-order valence-corrected chi connectivity index (χ0v) is 21.6. The van der Waals surface area contributed by atoms with Crippen molar-refractivity contribution in [2.75, 3.05) is 14.2 Å². The van der Waals surface area contributed by atoms with Gasteiger partial charge in [-0.2, -0.15) is 4.57 Å². The maximum absolute atomic E-state index is 13.5. The number of methoxy groups -OCH3 is 2. The summed E-state index contributed by atoms with van der Waals surface area (Å²) in [6, 6.07) is 22.2. The minimum atomic E-state index is -1.32. The van der Waals surface area contributed by atoms with Gasteiger partial charge in [0.05, 0.1) is 25.7 Å². The number of aliphatic hydroxyl groups is 1. The second-order valence-corrected chi connectivity index (χ2v) is 9.40. The van der Waals surface area contributed by atoms with Gasteiger partial charge in [0.25, 0.3) is 11.7 Å². The number of pyridine rings is 2. The van der Waals surface area contributed by atoms with Gasteiger partial charge in [0, 0.05) is 31.4 Å². The Morgan fingerprint density at radius 2 is 1.63 bits per heavy atom. The first kappa shape index (κ1) is 25.1. The van der Waals surface area contributed by atoms with Crippen LogP contribution in [0.25, 0.3) is 10.9 Å². The van der Waals surface area contributed by atoms with Gasteiger partial charge in [-0.3, -0.25) is 0 Å². The molecule has 0 bridgehead atoms. The molecule has 0 fully saturated rings. The highest BCUT2D eigenvalue weighted by Gasteiger charge is 2.47. The number of para-hydroxylation sites is 1. The van der Waals surface area contributed by atoms with E-state index < -0.39 is 29.7 Å². The first-order chi connectivity index (χ1) is 18.3. The highest BCUT2D eigenvalue weighted by atomic mass is 16.8. The number of cyclic esters (lactones) is 1. The van der Waals surface area contributed by atoms with Crippen LogP contribution in [0.3, 0.4) is 0 Å². The first-order valence-corrected chi connectivity index (χ1v) is 12.2. The summed E-state index contributed by atoms with van der Waals surface area (Å²) in [5.41, 5.74) is 2.13. The van der Waals surface area contributed by atoms with Crippen LogP contribution in [-0.2, 0) is 14.3 Å². The number of rotatable bonds is 7. The molecule has 194 valence electrons. The largest absolute Gasteiger partial charge is 0.493 e. The van der Waals surface area contributed by atoms with Crippen molar-refractivity contribution in [2.24, 2.45) is 0 Å². The zero-order chi connectivity index (χ0) is 26.9. The molecule has 5 rings (SSSR count). The number of carbonyl (C=O) groups is 1. The molecule has 0 saturated carbocycles. The molecule has 1 N–H and O–H groups in total. The van der Waals surface area contributed by atoms with Gasteiger partial charge in [-0.05, 0) is 29.8 Å². The number of nitrogens with zero attached hydrogens (tertiary/aromatic N) is 2. The topological polar surface area (TPSA) is 91.0 Å². The first-order valence-electron chi connectivity index (χ1n) is 12.2. The molecule has 1 aliphatic rings. The van der Waals surface area contributed by atoms with E-state index in [0.717, 1.165) is 10.9 Å². The second kappa shape index (κ2) is 10.0. The highest BCUT2D eigenvalue weighted by molar-refractivity contribution is 5.91. The molecule has 2 unspecified atom stereocenters. The van der Waals surface area contributed by atoms with Crippen LogP contribution in [0.2, 0.25) is 0 Å². The molecule has 0 radical (unpaired) electrons. The summed E-state index contributed by atoms with van der Waals surface area (Å²) in [6.45, 7) is 3.13. The van der Waals surface area contributed by atoms with Crippen LogP contribution in [0.4, 0.5) is 0 Å². The summed E-state index contributed by atoms with van der Waals surface area (Å²) < 4.78 is 24.2. The normalized spacial score (nSPS) is 16.4.